The number of alkyl halides is 1. The highest BCUT2D eigenvalue weighted by molar-refractivity contribution is 8.03. The molecule has 3 aromatic carbocycles. The molecule has 0 bridgehead atoms. The zero-order valence-electron chi connectivity index (χ0n) is 23.9. The second kappa shape index (κ2) is 14.6. The third-order valence-electron chi connectivity index (χ3n) is 7.50. The maximum Gasteiger partial charge on any atom is 0.247 e. The predicted octanol–water partition coefficient (Wildman–Crippen LogP) is 4.86. The molecule has 3 aromatic rings. The Balaban J connectivity index is 1.37. The number of carbonyl (C=O) groups is 3. The van der Waals surface area contributed by atoms with Gasteiger partial charge in [-0.1, -0.05) is 54.6 Å². The molecule has 5 rings (SSSR count). The maximum absolute atomic E-state index is 14.4. The molecule has 2 aliphatic heterocycles. The van der Waals surface area contributed by atoms with Crippen molar-refractivity contribution in [1.82, 2.24) is 15.5 Å². The molecule has 0 spiro atoms. The van der Waals surface area contributed by atoms with E-state index in [1.54, 1.807) is 15.9 Å². The van der Waals surface area contributed by atoms with E-state index in [0.717, 1.165) is 11.1 Å². The van der Waals surface area contributed by atoms with Gasteiger partial charge in [0.1, 0.15) is 29.5 Å². The Morgan fingerprint density at radius 2 is 1.81 bits per heavy atom. The molecular formula is C33H35ClN4O4S. The Labute approximate surface area is 261 Å². The van der Waals surface area contributed by atoms with E-state index in [0.29, 0.717) is 43.2 Å². The van der Waals surface area contributed by atoms with E-state index in [2.05, 4.69) is 10.6 Å². The molecule has 3 amide bonds. The fourth-order valence-electron chi connectivity index (χ4n) is 5.35. The summed E-state index contributed by atoms with van der Waals surface area (Å²) in [6, 6.07) is 23.2. The van der Waals surface area contributed by atoms with Gasteiger partial charge in [-0.05, 0) is 60.2 Å². The molecule has 224 valence electrons. The summed E-state index contributed by atoms with van der Waals surface area (Å²) in [5, 5.41) is 7.98. The summed E-state index contributed by atoms with van der Waals surface area (Å²) in [5.41, 5.74) is 2.37. The summed E-state index contributed by atoms with van der Waals surface area (Å²) in [7, 11) is 0. The Morgan fingerprint density at radius 3 is 2.49 bits per heavy atom. The van der Waals surface area contributed by atoms with Crippen LogP contribution in [0.4, 0.5) is 5.69 Å². The van der Waals surface area contributed by atoms with Crippen LogP contribution in [0.5, 0.6) is 11.5 Å². The van der Waals surface area contributed by atoms with Crippen molar-refractivity contribution >= 4 is 46.8 Å². The second-order valence-electron chi connectivity index (χ2n) is 10.5. The van der Waals surface area contributed by atoms with Crippen LogP contribution >= 0.6 is 23.4 Å². The number of hydrogen-bond donors (Lipinski definition) is 2. The number of nitrogens with one attached hydrogen (secondary N) is 2. The monoisotopic (exact) mass is 618 g/mol. The molecule has 8 nitrogen and oxygen atoms in total. The Kier molecular flexibility index (Phi) is 10.4. The van der Waals surface area contributed by atoms with Crippen LogP contribution in [0.25, 0.3) is 0 Å². The third kappa shape index (κ3) is 7.60. The molecule has 2 aliphatic rings. The first kappa shape index (κ1) is 30.7. The van der Waals surface area contributed by atoms with Crippen molar-refractivity contribution < 1.29 is 19.1 Å². The van der Waals surface area contributed by atoms with Gasteiger partial charge in [-0.3, -0.25) is 19.3 Å². The number of hydrogen-bond acceptors (Lipinski definition) is 6. The first-order valence-corrected chi connectivity index (χ1v) is 15.8. The van der Waals surface area contributed by atoms with Gasteiger partial charge in [-0.2, -0.15) is 0 Å². The Hall–Kier alpha value is -3.79. The van der Waals surface area contributed by atoms with Crippen LogP contribution in [-0.4, -0.2) is 65.5 Å². The molecule has 0 aliphatic carbocycles. The highest BCUT2D eigenvalue weighted by Crippen LogP contribution is 2.36. The normalized spacial score (nSPS) is 18.6. The number of allylic oxidation sites excluding steroid dienone is 1. The number of amides is 3. The van der Waals surface area contributed by atoms with Crippen LogP contribution in [0.1, 0.15) is 17.5 Å². The number of rotatable bonds is 10. The summed E-state index contributed by atoms with van der Waals surface area (Å²) in [4.78, 5) is 44.2. The lowest BCUT2D eigenvalue weighted by Gasteiger charge is -2.40. The standard InChI is InChI=1S/C33H35ClN4O4S/c1-23-19-26(42-25-11-6-3-7-12-25)14-15-28(23)38(30(39)20-34)31(29-13-8-18-43-29)33(41)37-17-16-35-27(22-37)32(40)36-21-24-9-4-2-5-10-24/h2-12,14-15,18-19,27,29,31,35H,13,16-17,20-22H2,1H3,(H,36,40)/t27-,29?,31+/m1/s1. The fraction of sp³-hybridized carbons (Fsp3) is 0.303. The smallest absolute Gasteiger partial charge is 0.247 e. The minimum atomic E-state index is -0.808. The molecule has 1 fully saturated rings. The van der Waals surface area contributed by atoms with Crippen molar-refractivity contribution in [3.8, 4) is 11.5 Å². The lowest BCUT2D eigenvalue weighted by atomic mass is 10.0. The van der Waals surface area contributed by atoms with Crippen molar-refractivity contribution in [3.63, 3.8) is 0 Å². The van der Waals surface area contributed by atoms with Crippen LogP contribution in [0.2, 0.25) is 0 Å². The maximum atomic E-state index is 14.4. The molecule has 0 saturated carbocycles. The zero-order chi connectivity index (χ0) is 30.2. The van der Waals surface area contributed by atoms with Gasteiger partial charge in [0.15, 0.2) is 0 Å². The Morgan fingerprint density at radius 1 is 1.07 bits per heavy atom. The Bertz CT molecular complexity index is 1450. The van der Waals surface area contributed by atoms with Crippen molar-refractivity contribution in [2.24, 2.45) is 0 Å². The topological polar surface area (TPSA) is 91.0 Å². The number of piperazine rings is 1. The number of thioether (sulfide) groups is 1. The van der Waals surface area contributed by atoms with Crippen LogP contribution < -0.4 is 20.3 Å². The summed E-state index contributed by atoms with van der Waals surface area (Å²) in [6.45, 7) is 3.38. The van der Waals surface area contributed by atoms with E-state index < -0.39 is 12.1 Å². The summed E-state index contributed by atoms with van der Waals surface area (Å²) >= 11 is 7.69. The molecule has 1 saturated heterocycles. The van der Waals surface area contributed by atoms with Gasteiger partial charge in [-0.15, -0.1) is 23.4 Å². The minimum absolute atomic E-state index is 0.173. The van der Waals surface area contributed by atoms with Crippen molar-refractivity contribution in [2.45, 2.75) is 37.2 Å². The van der Waals surface area contributed by atoms with Gasteiger partial charge >= 0.3 is 0 Å². The molecule has 3 atom stereocenters. The average molecular weight is 619 g/mol. The van der Waals surface area contributed by atoms with Crippen LogP contribution in [0, 0.1) is 6.92 Å². The van der Waals surface area contributed by atoms with Crippen molar-refractivity contribution in [2.75, 3.05) is 30.4 Å². The van der Waals surface area contributed by atoms with Gasteiger partial charge in [0.05, 0.1) is 0 Å². The van der Waals surface area contributed by atoms with Gasteiger partial charge in [-0.25, -0.2) is 0 Å². The molecule has 2 N–H and O–H groups in total. The first-order valence-electron chi connectivity index (χ1n) is 14.3. The summed E-state index contributed by atoms with van der Waals surface area (Å²) < 4.78 is 6.00. The lowest BCUT2D eigenvalue weighted by Crippen LogP contribution is -2.63. The van der Waals surface area contributed by atoms with E-state index in [9.17, 15) is 14.4 Å². The van der Waals surface area contributed by atoms with E-state index in [-0.39, 0.29) is 35.4 Å². The predicted molar refractivity (Wildman–Crippen MR) is 171 cm³/mol. The first-order chi connectivity index (χ1) is 20.9. The molecule has 2 heterocycles. The number of aryl methyl sites for hydroxylation is 1. The zero-order valence-corrected chi connectivity index (χ0v) is 25.5. The number of para-hydroxylation sites is 1. The second-order valence-corrected chi connectivity index (χ2v) is 11.9. The molecule has 0 radical (unpaired) electrons. The molecule has 0 aromatic heterocycles. The number of halogens is 1. The van der Waals surface area contributed by atoms with Crippen LogP contribution in [-0.2, 0) is 20.9 Å². The SMILES string of the molecule is Cc1cc(Oc2ccccc2)ccc1N(C(=O)CCl)[C@H](C(=O)N1CCN[C@@H](C(=O)NCc2ccccc2)C1)C1CC=CS1. The average Bonchev–Trinajstić information content (AvgIpc) is 3.58. The summed E-state index contributed by atoms with van der Waals surface area (Å²) in [6.07, 6.45) is 2.65. The van der Waals surface area contributed by atoms with E-state index in [1.165, 1.54) is 11.8 Å². The summed E-state index contributed by atoms with van der Waals surface area (Å²) in [5.74, 6) is 0.310. The van der Waals surface area contributed by atoms with Gasteiger partial charge in [0.25, 0.3) is 0 Å². The largest absolute Gasteiger partial charge is 0.457 e. The molecular weight excluding hydrogens is 584 g/mol. The number of nitrogens with zero attached hydrogens (tertiary/aromatic N) is 2. The number of carbonyl (C=O) groups excluding carboxylic acids is 3. The van der Waals surface area contributed by atoms with Gasteiger partial charge in [0.2, 0.25) is 17.7 Å². The van der Waals surface area contributed by atoms with E-state index in [4.69, 9.17) is 16.3 Å². The van der Waals surface area contributed by atoms with E-state index >= 15 is 0 Å². The number of ether oxygens (including phenoxy) is 1. The number of benzene rings is 3. The lowest BCUT2D eigenvalue weighted by molar-refractivity contribution is -0.136. The van der Waals surface area contributed by atoms with Crippen molar-refractivity contribution in [3.05, 3.63) is 101 Å². The minimum Gasteiger partial charge on any atom is -0.457 e. The van der Waals surface area contributed by atoms with Gasteiger partial charge < -0.3 is 20.3 Å². The number of anilines is 1. The molecule has 10 heteroatoms. The van der Waals surface area contributed by atoms with Crippen molar-refractivity contribution in [1.29, 1.82) is 0 Å². The third-order valence-corrected chi connectivity index (χ3v) is 8.88. The molecule has 1 unspecified atom stereocenters. The highest BCUT2D eigenvalue weighted by atomic mass is 35.5. The molecule has 43 heavy (non-hydrogen) atoms. The van der Waals surface area contributed by atoms with Crippen LogP contribution in [0.15, 0.2) is 90.3 Å². The highest BCUT2D eigenvalue weighted by Gasteiger charge is 2.42. The van der Waals surface area contributed by atoms with Crippen LogP contribution in [0.3, 0.4) is 0 Å². The fourth-order valence-corrected chi connectivity index (χ4v) is 6.51. The van der Waals surface area contributed by atoms with Gasteiger partial charge in [0, 0.05) is 37.1 Å². The quantitative estimate of drug-likeness (QED) is 0.315. The van der Waals surface area contributed by atoms with E-state index in [1.807, 2.05) is 91.2 Å².